The van der Waals surface area contributed by atoms with Crippen molar-refractivity contribution in [2.45, 2.75) is 74.1 Å². The van der Waals surface area contributed by atoms with E-state index in [-0.39, 0.29) is 30.2 Å². The predicted octanol–water partition coefficient (Wildman–Crippen LogP) is 3.99. The van der Waals surface area contributed by atoms with E-state index in [9.17, 15) is 15.0 Å². The van der Waals surface area contributed by atoms with Gasteiger partial charge in [-0.25, -0.2) is 0 Å². The van der Waals surface area contributed by atoms with Gasteiger partial charge in [-0.2, -0.15) is 0 Å². The van der Waals surface area contributed by atoms with Crippen molar-refractivity contribution in [2.24, 2.45) is 5.92 Å². The molecular weight excluding hydrogens is 499 g/mol. The Bertz CT molecular complexity index is 1270. The highest BCUT2D eigenvalue weighted by molar-refractivity contribution is 6.42. The van der Waals surface area contributed by atoms with Crippen LogP contribution in [-0.4, -0.2) is 57.9 Å². The van der Waals surface area contributed by atoms with Gasteiger partial charge in [0.25, 0.3) is 0 Å². The van der Waals surface area contributed by atoms with E-state index < -0.39 is 17.1 Å². The molecule has 2 bridgehead atoms. The number of carbonyl (C=O) groups excluding carboxylic acids is 1. The highest BCUT2D eigenvalue weighted by Crippen LogP contribution is 2.65. The summed E-state index contributed by atoms with van der Waals surface area (Å²) < 4.78 is 6.52. The first-order chi connectivity index (χ1) is 17.3. The number of aliphatic hydroxyl groups is 1. The molecule has 2 aromatic carbocycles. The Labute approximate surface area is 220 Å². The lowest BCUT2D eigenvalue weighted by molar-refractivity contribution is -0.192. The number of phenolic OH excluding ortho intramolecular Hbond substituents is 1. The molecule has 3 N–H and O–H groups in total. The Kier molecular flexibility index (Phi) is 5.15. The van der Waals surface area contributed by atoms with Gasteiger partial charge in [-0.15, -0.1) is 0 Å². The molecule has 5 atom stereocenters. The molecule has 1 saturated heterocycles. The second-order valence-electron chi connectivity index (χ2n) is 11.4. The Hall–Kier alpha value is -1.99. The first kappa shape index (κ1) is 23.2. The number of nitrogens with one attached hydrogen (secondary N) is 1. The van der Waals surface area contributed by atoms with Crippen LogP contribution in [0.1, 0.15) is 48.8 Å². The maximum Gasteiger partial charge on any atom is 0.224 e. The number of nitrogens with zero attached hydrogens (tertiary/aromatic N) is 1. The van der Waals surface area contributed by atoms with Crippen LogP contribution < -0.4 is 10.1 Å². The monoisotopic (exact) mass is 528 g/mol. The number of aromatic hydroxyl groups is 1. The van der Waals surface area contributed by atoms with Gasteiger partial charge in [0.15, 0.2) is 11.5 Å². The lowest BCUT2D eigenvalue weighted by Gasteiger charge is -2.64. The van der Waals surface area contributed by atoms with Gasteiger partial charge < -0.3 is 20.3 Å². The van der Waals surface area contributed by atoms with Crippen molar-refractivity contribution in [2.75, 3.05) is 13.1 Å². The topological polar surface area (TPSA) is 82.0 Å². The minimum absolute atomic E-state index is 0.0220. The molecule has 3 fully saturated rings. The van der Waals surface area contributed by atoms with E-state index >= 15 is 0 Å². The highest BCUT2D eigenvalue weighted by atomic mass is 35.5. The molecular formula is C28H30Cl2N2O4. The maximum atomic E-state index is 13.1. The molecule has 6 nitrogen and oxygen atoms in total. The predicted molar refractivity (Wildman–Crippen MR) is 137 cm³/mol. The van der Waals surface area contributed by atoms with Gasteiger partial charge in [-0.3, -0.25) is 9.69 Å². The molecule has 2 aromatic rings. The van der Waals surface area contributed by atoms with Crippen molar-refractivity contribution in [1.82, 2.24) is 10.2 Å². The summed E-state index contributed by atoms with van der Waals surface area (Å²) in [6, 6.07) is 8.69. The summed E-state index contributed by atoms with van der Waals surface area (Å²) in [5.41, 5.74) is 1.32. The first-order valence-electron chi connectivity index (χ1n) is 13.0. The number of hydrogen-bond donors (Lipinski definition) is 3. The smallest absolute Gasteiger partial charge is 0.224 e. The van der Waals surface area contributed by atoms with Crippen LogP contribution in [0.5, 0.6) is 11.5 Å². The zero-order valence-electron chi connectivity index (χ0n) is 20.0. The van der Waals surface area contributed by atoms with E-state index in [1.807, 2.05) is 6.07 Å². The number of carbonyl (C=O) groups is 1. The fourth-order valence-electron chi connectivity index (χ4n) is 7.72. The van der Waals surface area contributed by atoms with Crippen molar-refractivity contribution in [3.05, 3.63) is 57.1 Å². The van der Waals surface area contributed by atoms with Crippen molar-refractivity contribution in [3.8, 4) is 11.5 Å². The number of phenols is 1. The Balaban J connectivity index is 1.22. The van der Waals surface area contributed by atoms with Gasteiger partial charge in [0.05, 0.1) is 33.5 Å². The van der Waals surface area contributed by atoms with E-state index in [0.29, 0.717) is 28.6 Å². The van der Waals surface area contributed by atoms with Crippen LogP contribution >= 0.6 is 23.2 Å². The summed E-state index contributed by atoms with van der Waals surface area (Å²) in [6.45, 7) is 1.93. The van der Waals surface area contributed by atoms with Crippen LogP contribution in [-0.2, 0) is 23.1 Å². The second-order valence-corrected chi connectivity index (χ2v) is 12.2. The van der Waals surface area contributed by atoms with Gasteiger partial charge in [0, 0.05) is 18.2 Å². The number of hydrogen-bond acceptors (Lipinski definition) is 5. The standard InChI is InChI=1S/C28H30Cl2N2O4/c29-18-5-3-16(11-19(18)30)12-23(34)31-20-7-8-28(35)22-13-17-4-6-21(33)25-24(17)27(28,26(20)36-25)9-10-32(22)14-15-1-2-15/h3-6,11,15,20,22,26,33,35H,1-2,7-10,12-14H2,(H,31,34)/t20-,22+,26+,27+,28-/m1/s1. The van der Waals surface area contributed by atoms with Crippen LogP contribution in [0.3, 0.4) is 0 Å². The molecule has 36 heavy (non-hydrogen) atoms. The average Bonchev–Trinajstić information content (AvgIpc) is 3.58. The van der Waals surface area contributed by atoms with Gasteiger partial charge in [-0.05, 0) is 80.3 Å². The largest absolute Gasteiger partial charge is 0.504 e. The Morgan fingerprint density at radius 1 is 1.14 bits per heavy atom. The van der Waals surface area contributed by atoms with E-state index in [0.717, 1.165) is 48.5 Å². The number of likely N-dealkylation sites (tertiary alicyclic amines) is 1. The number of piperidine rings is 1. The minimum Gasteiger partial charge on any atom is -0.504 e. The van der Waals surface area contributed by atoms with Gasteiger partial charge >= 0.3 is 0 Å². The molecule has 8 heteroatoms. The molecule has 2 heterocycles. The summed E-state index contributed by atoms with van der Waals surface area (Å²) in [7, 11) is 0. The molecule has 2 aliphatic heterocycles. The third-order valence-electron chi connectivity index (χ3n) is 9.46. The van der Waals surface area contributed by atoms with Gasteiger partial charge in [0.2, 0.25) is 5.91 Å². The number of ether oxygens (including phenoxy) is 1. The maximum absolute atomic E-state index is 13.1. The molecule has 0 aromatic heterocycles. The van der Waals surface area contributed by atoms with Crippen LogP contribution in [0, 0.1) is 5.92 Å². The molecule has 0 radical (unpaired) electrons. The summed E-state index contributed by atoms with van der Waals surface area (Å²) in [5, 5.41) is 27.4. The van der Waals surface area contributed by atoms with Crippen molar-refractivity contribution >= 4 is 29.1 Å². The summed E-state index contributed by atoms with van der Waals surface area (Å²) in [5.74, 6) is 1.23. The van der Waals surface area contributed by atoms with E-state index in [1.165, 1.54) is 12.8 Å². The quantitative estimate of drug-likeness (QED) is 0.546. The zero-order chi connectivity index (χ0) is 24.8. The Morgan fingerprint density at radius 3 is 2.75 bits per heavy atom. The molecule has 3 aliphatic carbocycles. The molecule has 7 rings (SSSR count). The van der Waals surface area contributed by atoms with Crippen LogP contribution in [0.15, 0.2) is 30.3 Å². The highest BCUT2D eigenvalue weighted by Gasteiger charge is 2.73. The summed E-state index contributed by atoms with van der Waals surface area (Å²) >= 11 is 12.2. The van der Waals surface area contributed by atoms with Crippen molar-refractivity contribution in [3.63, 3.8) is 0 Å². The average molecular weight is 529 g/mol. The lowest BCUT2D eigenvalue weighted by atomic mass is 9.48. The first-order valence-corrected chi connectivity index (χ1v) is 13.8. The molecule has 1 amide bonds. The minimum atomic E-state index is -0.957. The molecule has 0 unspecified atom stereocenters. The number of benzene rings is 2. The normalized spacial score (nSPS) is 34.1. The Morgan fingerprint density at radius 2 is 1.97 bits per heavy atom. The number of amides is 1. The van der Waals surface area contributed by atoms with Crippen LogP contribution in [0.2, 0.25) is 10.0 Å². The molecule has 5 aliphatic rings. The molecule has 190 valence electrons. The van der Waals surface area contributed by atoms with E-state index in [2.05, 4.69) is 10.2 Å². The fourth-order valence-corrected chi connectivity index (χ4v) is 8.04. The fraction of sp³-hybridized carbons (Fsp3) is 0.536. The van der Waals surface area contributed by atoms with Crippen molar-refractivity contribution < 1.29 is 19.7 Å². The van der Waals surface area contributed by atoms with Gasteiger partial charge in [0.1, 0.15) is 6.10 Å². The summed E-state index contributed by atoms with van der Waals surface area (Å²) in [4.78, 5) is 15.6. The number of rotatable bonds is 5. The SMILES string of the molecule is O=C(Cc1ccc(Cl)c(Cl)c1)N[C@@H]1CC[C@@]2(O)[C@@H]3Cc4ccc(O)c5c4[C@@]2(CCN3CC2CC2)[C@H]1O5. The summed E-state index contributed by atoms with van der Waals surface area (Å²) in [6.07, 6.45) is 5.03. The third kappa shape index (κ3) is 3.20. The second kappa shape index (κ2) is 8.00. The van der Waals surface area contributed by atoms with E-state index in [4.69, 9.17) is 27.9 Å². The third-order valence-corrected chi connectivity index (χ3v) is 10.2. The van der Waals surface area contributed by atoms with Crippen LogP contribution in [0.25, 0.3) is 0 Å². The number of halogens is 2. The zero-order valence-corrected chi connectivity index (χ0v) is 21.5. The van der Waals surface area contributed by atoms with Crippen LogP contribution in [0.4, 0.5) is 0 Å². The molecule has 2 saturated carbocycles. The van der Waals surface area contributed by atoms with Gasteiger partial charge in [-0.1, -0.05) is 35.3 Å². The molecule has 1 spiro atoms. The van der Waals surface area contributed by atoms with Crippen molar-refractivity contribution in [1.29, 1.82) is 0 Å². The van der Waals surface area contributed by atoms with E-state index in [1.54, 1.807) is 24.3 Å². The lowest BCUT2D eigenvalue weighted by Crippen LogP contribution is -2.78.